The Hall–Kier alpha value is -3.53. The molecule has 1 heterocycles. The Morgan fingerprint density at radius 1 is 0.923 bits per heavy atom. The highest BCUT2D eigenvalue weighted by molar-refractivity contribution is 5.88. The first-order valence-corrected chi connectivity index (χ1v) is 8.43. The van der Waals surface area contributed by atoms with Crippen LogP contribution in [0.15, 0.2) is 85.1 Å². The molecule has 0 bridgehead atoms. The van der Waals surface area contributed by atoms with Crippen molar-refractivity contribution >= 4 is 22.6 Å². The summed E-state index contributed by atoms with van der Waals surface area (Å²) in [6, 6.07) is 25.6. The predicted octanol–water partition coefficient (Wildman–Crippen LogP) is 4.94. The van der Waals surface area contributed by atoms with Gasteiger partial charge in [0.15, 0.2) is 0 Å². The van der Waals surface area contributed by atoms with Crippen LogP contribution in [0.1, 0.15) is 15.9 Å². The fourth-order valence-electron chi connectivity index (χ4n) is 3.09. The number of para-hydroxylation sites is 1. The lowest BCUT2D eigenvalue weighted by Gasteiger charge is -2.10. The molecule has 0 aliphatic heterocycles. The summed E-state index contributed by atoms with van der Waals surface area (Å²) in [5.74, 6) is -0.921. The van der Waals surface area contributed by atoms with Gasteiger partial charge in [-0.2, -0.15) is 0 Å². The summed E-state index contributed by atoms with van der Waals surface area (Å²) >= 11 is 0. The second kappa shape index (κ2) is 6.76. The molecule has 4 nitrogen and oxygen atoms in total. The summed E-state index contributed by atoms with van der Waals surface area (Å²) in [4.78, 5) is 11.1. The predicted molar refractivity (Wildman–Crippen MR) is 104 cm³/mol. The molecule has 0 spiro atoms. The number of benzene rings is 3. The first-order chi connectivity index (χ1) is 12.7. The molecule has 4 heteroatoms. The van der Waals surface area contributed by atoms with Crippen LogP contribution in [0.4, 0.5) is 5.69 Å². The van der Waals surface area contributed by atoms with Gasteiger partial charge in [0.05, 0.1) is 11.1 Å². The third-order valence-electron chi connectivity index (χ3n) is 4.39. The number of carboxylic acids is 1. The molecule has 3 aromatic carbocycles. The molecule has 4 rings (SSSR count). The van der Waals surface area contributed by atoms with E-state index in [1.165, 1.54) is 10.9 Å². The molecule has 0 aliphatic rings. The number of aromatic nitrogens is 1. The zero-order valence-electron chi connectivity index (χ0n) is 14.1. The Bertz CT molecular complexity index is 1080. The van der Waals surface area contributed by atoms with Crippen molar-refractivity contribution in [2.75, 3.05) is 5.32 Å². The highest BCUT2D eigenvalue weighted by Crippen LogP contribution is 2.21. The van der Waals surface area contributed by atoms with E-state index >= 15 is 0 Å². The van der Waals surface area contributed by atoms with Crippen LogP contribution in [-0.4, -0.2) is 15.6 Å². The first kappa shape index (κ1) is 16.0. The van der Waals surface area contributed by atoms with Crippen LogP contribution >= 0.6 is 0 Å². The summed E-state index contributed by atoms with van der Waals surface area (Å²) in [5, 5.41) is 13.6. The van der Waals surface area contributed by atoms with E-state index in [-0.39, 0.29) is 5.56 Å². The van der Waals surface area contributed by atoms with E-state index in [9.17, 15) is 4.79 Å². The summed E-state index contributed by atoms with van der Waals surface area (Å²) in [7, 11) is 0. The molecule has 0 saturated carbocycles. The van der Waals surface area contributed by atoms with Gasteiger partial charge in [-0.3, -0.25) is 0 Å². The fourth-order valence-corrected chi connectivity index (χ4v) is 3.09. The van der Waals surface area contributed by atoms with Crippen LogP contribution in [0.25, 0.3) is 16.6 Å². The van der Waals surface area contributed by atoms with Crippen molar-refractivity contribution in [1.82, 2.24) is 4.57 Å². The van der Waals surface area contributed by atoms with Crippen LogP contribution < -0.4 is 5.32 Å². The third kappa shape index (κ3) is 3.17. The monoisotopic (exact) mass is 342 g/mol. The minimum Gasteiger partial charge on any atom is -0.478 e. The van der Waals surface area contributed by atoms with E-state index in [0.29, 0.717) is 6.54 Å². The van der Waals surface area contributed by atoms with Gasteiger partial charge in [-0.05, 0) is 53.4 Å². The number of carboxylic acid groups (broad SMARTS) is 1. The van der Waals surface area contributed by atoms with Gasteiger partial charge >= 0.3 is 5.97 Å². The maximum Gasteiger partial charge on any atom is 0.335 e. The minimum absolute atomic E-state index is 0.280. The summed E-state index contributed by atoms with van der Waals surface area (Å²) in [6.45, 7) is 0.621. The van der Waals surface area contributed by atoms with Crippen molar-refractivity contribution in [1.29, 1.82) is 0 Å². The summed E-state index contributed by atoms with van der Waals surface area (Å²) < 4.78 is 2.17. The van der Waals surface area contributed by atoms with Gasteiger partial charge in [-0.1, -0.05) is 36.4 Å². The van der Waals surface area contributed by atoms with E-state index in [0.717, 1.165) is 16.9 Å². The normalized spacial score (nSPS) is 10.8. The van der Waals surface area contributed by atoms with Crippen LogP contribution in [0.3, 0.4) is 0 Å². The average molecular weight is 342 g/mol. The van der Waals surface area contributed by atoms with Crippen LogP contribution in [0.2, 0.25) is 0 Å². The Kier molecular flexibility index (Phi) is 4.15. The number of nitrogens with zero attached hydrogens (tertiary/aromatic N) is 1. The van der Waals surface area contributed by atoms with Crippen molar-refractivity contribution in [3.8, 4) is 5.69 Å². The molecular formula is C22H18N2O2. The lowest BCUT2D eigenvalue weighted by molar-refractivity contribution is 0.0697. The molecule has 0 radical (unpaired) electrons. The highest BCUT2D eigenvalue weighted by Gasteiger charge is 2.05. The standard InChI is InChI=1S/C22H18N2O2/c25-22(26)18-7-4-8-19(14-18)23-15-16-5-3-9-20(13-16)24-12-11-17-6-1-2-10-21(17)24/h1-14,23H,15H2,(H,25,26). The summed E-state index contributed by atoms with van der Waals surface area (Å²) in [6.07, 6.45) is 2.08. The second-order valence-electron chi connectivity index (χ2n) is 6.15. The topological polar surface area (TPSA) is 54.3 Å². The number of fused-ring (bicyclic) bond motifs is 1. The number of nitrogens with one attached hydrogen (secondary N) is 1. The quantitative estimate of drug-likeness (QED) is 0.540. The molecule has 128 valence electrons. The molecule has 1 aromatic heterocycles. The molecule has 0 unspecified atom stereocenters. The molecule has 2 N–H and O–H groups in total. The first-order valence-electron chi connectivity index (χ1n) is 8.43. The van der Waals surface area contributed by atoms with E-state index in [2.05, 4.69) is 52.5 Å². The maximum absolute atomic E-state index is 11.1. The highest BCUT2D eigenvalue weighted by atomic mass is 16.4. The molecule has 4 aromatic rings. The molecule has 0 fully saturated rings. The Morgan fingerprint density at radius 3 is 2.65 bits per heavy atom. The van der Waals surface area contributed by atoms with Crippen LogP contribution in [0.5, 0.6) is 0 Å². The van der Waals surface area contributed by atoms with Gasteiger partial charge in [0.2, 0.25) is 0 Å². The van der Waals surface area contributed by atoms with Crippen molar-refractivity contribution in [2.24, 2.45) is 0 Å². The van der Waals surface area contributed by atoms with E-state index in [1.807, 2.05) is 24.3 Å². The van der Waals surface area contributed by atoms with Crippen LogP contribution in [-0.2, 0) is 6.54 Å². The molecule has 0 aliphatic carbocycles. The van der Waals surface area contributed by atoms with Crippen molar-refractivity contribution < 1.29 is 9.90 Å². The smallest absolute Gasteiger partial charge is 0.335 e. The number of hydrogen-bond donors (Lipinski definition) is 2. The zero-order chi connectivity index (χ0) is 17.9. The SMILES string of the molecule is O=C(O)c1cccc(NCc2cccc(-n3ccc4ccccc43)c2)c1. The van der Waals surface area contributed by atoms with Gasteiger partial charge < -0.3 is 15.0 Å². The lowest BCUT2D eigenvalue weighted by atomic mass is 10.1. The number of aromatic carboxylic acids is 1. The van der Waals surface area contributed by atoms with Crippen LogP contribution in [0, 0.1) is 0 Å². The fraction of sp³-hybridized carbons (Fsp3) is 0.0455. The number of carbonyl (C=O) groups is 1. The molecule has 0 amide bonds. The van der Waals surface area contributed by atoms with E-state index in [1.54, 1.807) is 18.2 Å². The molecule has 0 saturated heterocycles. The average Bonchev–Trinajstić information content (AvgIpc) is 3.11. The van der Waals surface area contributed by atoms with Crippen molar-refractivity contribution in [3.63, 3.8) is 0 Å². The zero-order valence-corrected chi connectivity index (χ0v) is 14.1. The van der Waals surface area contributed by atoms with Crippen molar-refractivity contribution in [2.45, 2.75) is 6.54 Å². The Labute approximate surface area is 151 Å². The van der Waals surface area contributed by atoms with Gasteiger partial charge in [0.1, 0.15) is 0 Å². The Balaban J connectivity index is 1.57. The number of hydrogen-bond acceptors (Lipinski definition) is 2. The van der Waals surface area contributed by atoms with E-state index in [4.69, 9.17) is 5.11 Å². The van der Waals surface area contributed by atoms with Crippen molar-refractivity contribution in [3.05, 3.63) is 96.2 Å². The molecular weight excluding hydrogens is 324 g/mol. The Morgan fingerprint density at radius 2 is 1.77 bits per heavy atom. The maximum atomic E-state index is 11.1. The third-order valence-corrected chi connectivity index (χ3v) is 4.39. The lowest BCUT2D eigenvalue weighted by Crippen LogP contribution is -2.02. The minimum atomic E-state index is -0.921. The van der Waals surface area contributed by atoms with Gasteiger partial charge in [0.25, 0.3) is 0 Å². The largest absolute Gasteiger partial charge is 0.478 e. The summed E-state index contributed by atoms with van der Waals surface area (Å²) in [5.41, 5.74) is 4.47. The number of rotatable bonds is 5. The van der Waals surface area contributed by atoms with Gasteiger partial charge in [0, 0.05) is 24.1 Å². The second-order valence-corrected chi connectivity index (χ2v) is 6.15. The molecule has 26 heavy (non-hydrogen) atoms. The van der Waals surface area contributed by atoms with Gasteiger partial charge in [-0.25, -0.2) is 4.79 Å². The van der Waals surface area contributed by atoms with E-state index < -0.39 is 5.97 Å². The molecule has 0 atom stereocenters. The van der Waals surface area contributed by atoms with Gasteiger partial charge in [-0.15, -0.1) is 0 Å². The number of anilines is 1.